The van der Waals surface area contributed by atoms with Crippen LogP contribution >= 0.6 is 0 Å². The lowest BCUT2D eigenvalue weighted by atomic mass is 9.66. The first-order valence-corrected chi connectivity index (χ1v) is 8.26. The van der Waals surface area contributed by atoms with Crippen molar-refractivity contribution in [3.8, 4) is 0 Å². The van der Waals surface area contributed by atoms with Crippen LogP contribution in [0.4, 0.5) is 4.79 Å². The first kappa shape index (κ1) is 14.5. The first-order valence-electron chi connectivity index (χ1n) is 8.26. The second kappa shape index (κ2) is 5.23. The maximum absolute atomic E-state index is 12.4. The van der Waals surface area contributed by atoms with Gasteiger partial charge in [0.2, 0.25) is 0 Å². The van der Waals surface area contributed by atoms with Crippen molar-refractivity contribution < 1.29 is 4.79 Å². The van der Waals surface area contributed by atoms with E-state index in [1.54, 1.807) is 0 Å². The summed E-state index contributed by atoms with van der Waals surface area (Å²) >= 11 is 0. The van der Waals surface area contributed by atoms with Crippen molar-refractivity contribution >= 4 is 16.9 Å². The number of urea groups is 1. The summed E-state index contributed by atoms with van der Waals surface area (Å²) < 4.78 is 1.85. The standard InChI is InChI=1S/C17H23N5O/c1-21-14-7-12(3-4-13(14)9-20-21)8-19-16(23)22-10-15(18)17(11-22)5-2-6-17/h3-4,7,9,15H,2,5-6,8,10-11,18H2,1H3,(H,19,23). The highest BCUT2D eigenvalue weighted by atomic mass is 16.2. The summed E-state index contributed by atoms with van der Waals surface area (Å²) in [5, 5.41) is 8.38. The molecule has 1 saturated carbocycles. The van der Waals surface area contributed by atoms with Gasteiger partial charge in [-0.05, 0) is 24.5 Å². The van der Waals surface area contributed by atoms with Crippen LogP contribution in [0.1, 0.15) is 24.8 Å². The van der Waals surface area contributed by atoms with Gasteiger partial charge in [-0.25, -0.2) is 4.79 Å². The Labute approximate surface area is 135 Å². The predicted molar refractivity (Wildman–Crippen MR) is 88.8 cm³/mol. The van der Waals surface area contributed by atoms with Crippen LogP contribution < -0.4 is 11.1 Å². The van der Waals surface area contributed by atoms with Crippen molar-refractivity contribution in [3.05, 3.63) is 30.0 Å². The van der Waals surface area contributed by atoms with Gasteiger partial charge in [0.15, 0.2) is 0 Å². The molecule has 2 amide bonds. The number of rotatable bonds is 2. The molecule has 23 heavy (non-hydrogen) atoms. The number of hydrogen-bond acceptors (Lipinski definition) is 3. The lowest BCUT2D eigenvalue weighted by Gasteiger charge is -2.41. The van der Waals surface area contributed by atoms with Gasteiger partial charge in [-0.2, -0.15) is 5.10 Å². The largest absolute Gasteiger partial charge is 0.334 e. The SMILES string of the molecule is Cn1ncc2ccc(CNC(=O)N3CC(N)C4(CCC4)C3)cc21. The van der Waals surface area contributed by atoms with Gasteiger partial charge >= 0.3 is 6.03 Å². The highest BCUT2D eigenvalue weighted by Gasteiger charge is 2.49. The highest BCUT2D eigenvalue weighted by molar-refractivity contribution is 5.79. The van der Waals surface area contributed by atoms with Crippen molar-refractivity contribution in [1.82, 2.24) is 20.0 Å². The third-order valence-electron chi connectivity index (χ3n) is 5.60. The Morgan fingerprint density at radius 2 is 2.30 bits per heavy atom. The first-order chi connectivity index (χ1) is 11.1. The van der Waals surface area contributed by atoms with Gasteiger partial charge in [0.1, 0.15) is 0 Å². The molecule has 2 fully saturated rings. The average molecular weight is 313 g/mol. The average Bonchev–Trinajstić information content (AvgIpc) is 3.05. The quantitative estimate of drug-likeness (QED) is 0.884. The zero-order valence-corrected chi connectivity index (χ0v) is 13.5. The van der Waals surface area contributed by atoms with Gasteiger partial charge in [0.05, 0.1) is 11.7 Å². The van der Waals surface area contributed by atoms with Gasteiger partial charge in [-0.1, -0.05) is 18.6 Å². The minimum absolute atomic E-state index is 0.00525. The number of aryl methyl sites for hydroxylation is 1. The monoisotopic (exact) mass is 313 g/mol. The zero-order chi connectivity index (χ0) is 16.0. The number of carbonyl (C=O) groups is 1. The Bertz CT molecular complexity index is 749. The summed E-state index contributed by atoms with van der Waals surface area (Å²) in [6, 6.07) is 6.28. The maximum atomic E-state index is 12.4. The summed E-state index contributed by atoms with van der Waals surface area (Å²) in [6.07, 6.45) is 5.42. The molecule has 3 N–H and O–H groups in total. The summed E-state index contributed by atoms with van der Waals surface area (Å²) in [6.45, 7) is 2.01. The zero-order valence-electron chi connectivity index (χ0n) is 13.5. The number of likely N-dealkylation sites (tertiary alicyclic amines) is 1. The van der Waals surface area contributed by atoms with E-state index in [9.17, 15) is 4.79 Å². The Morgan fingerprint density at radius 1 is 1.48 bits per heavy atom. The fraction of sp³-hybridized carbons (Fsp3) is 0.529. The lowest BCUT2D eigenvalue weighted by Crippen LogP contribution is -2.45. The Kier molecular flexibility index (Phi) is 3.30. The maximum Gasteiger partial charge on any atom is 0.317 e. The normalized spacial score (nSPS) is 22.5. The van der Waals surface area contributed by atoms with Gasteiger partial charge < -0.3 is 16.0 Å². The van der Waals surface area contributed by atoms with E-state index in [1.807, 2.05) is 35.0 Å². The molecule has 122 valence electrons. The minimum Gasteiger partial charge on any atom is -0.334 e. The van der Waals surface area contributed by atoms with Crippen LogP contribution in [0.2, 0.25) is 0 Å². The van der Waals surface area contributed by atoms with E-state index < -0.39 is 0 Å². The van der Waals surface area contributed by atoms with E-state index in [1.165, 1.54) is 6.42 Å². The van der Waals surface area contributed by atoms with Crippen molar-refractivity contribution in [1.29, 1.82) is 0 Å². The fourth-order valence-corrected chi connectivity index (χ4v) is 3.90. The molecule has 2 heterocycles. The highest BCUT2D eigenvalue weighted by Crippen LogP contribution is 2.47. The van der Waals surface area contributed by atoms with Crippen LogP contribution in [0.5, 0.6) is 0 Å². The van der Waals surface area contributed by atoms with Crippen molar-refractivity contribution in [2.45, 2.75) is 31.8 Å². The summed E-state index contributed by atoms with van der Waals surface area (Å²) in [5.41, 5.74) is 8.60. The van der Waals surface area contributed by atoms with Crippen LogP contribution in [0, 0.1) is 5.41 Å². The molecule has 4 rings (SSSR count). The topological polar surface area (TPSA) is 76.2 Å². The van der Waals surface area contributed by atoms with E-state index >= 15 is 0 Å². The molecule has 1 unspecified atom stereocenters. The number of fused-ring (bicyclic) bond motifs is 1. The molecule has 1 aromatic carbocycles. The minimum atomic E-state index is -0.00525. The van der Waals surface area contributed by atoms with E-state index in [4.69, 9.17) is 5.73 Å². The van der Waals surface area contributed by atoms with Crippen LogP contribution in [0.15, 0.2) is 24.4 Å². The molecule has 1 aliphatic carbocycles. The molecular weight excluding hydrogens is 290 g/mol. The lowest BCUT2D eigenvalue weighted by molar-refractivity contribution is 0.125. The summed E-state index contributed by atoms with van der Waals surface area (Å²) in [5.74, 6) is 0. The predicted octanol–water partition coefficient (Wildman–Crippen LogP) is 1.60. The number of amides is 2. The van der Waals surface area contributed by atoms with Gasteiger partial charge in [-0.3, -0.25) is 4.68 Å². The number of nitrogens with zero attached hydrogens (tertiary/aromatic N) is 3. The molecule has 1 saturated heterocycles. The second-order valence-corrected chi connectivity index (χ2v) is 7.02. The van der Waals surface area contributed by atoms with E-state index in [-0.39, 0.29) is 17.5 Å². The van der Waals surface area contributed by atoms with Gasteiger partial charge in [0.25, 0.3) is 0 Å². The van der Waals surface area contributed by atoms with E-state index in [2.05, 4.69) is 16.5 Å². The van der Waals surface area contributed by atoms with Crippen LogP contribution in [0.25, 0.3) is 10.9 Å². The summed E-state index contributed by atoms with van der Waals surface area (Å²) in [4.78, 5) is 14.3. The van der Waals surface area contributed by atoms with Crippen molar-refractivity contribution in [3.63, 3.8) is 0 Å². The Balaban J connectivity index is 1.40. The van der Waals surface area contributed by atoms with Gasteiger partial charge in [-0.15, -0.1) is 0 Å². The fourth-order valence-electron chi connectivity index (χ4n) is 3.90. The number of nitrogens with two attached hydrogens (primary N) is 1. The Hall–Kier alpha value is -2.08. The molecule has 1 atom stereocenters. The third kappa shape index (κ3) is 2.37. The molecule has 1 spiro atoms. The molecule has 1 aromatic heterocycles. The third-order valence-corrected chi connectivity index (χ3v) is 5.60. The number of nitrogens with one attached hydrogen (secondary N) is 1. The van der Waals surface area contributed by atoms with Crippen molar-refractivity contribution in [2.24, 2.45) is 18.2 Å². The van der Waals surface area contributed by atoms with Crippen molar-refractivity contribution in [2.75, 3.05) is 13.1 Å². The smallest absolute Gasteiger partial charge is 0.317 e. The molecule has 6 nitrogen and oxygen atoms in total. The van der Waals surface area contributed by atoms with Crippen LogP contribution in [-0.2, 0) is 13.6 Å². The number of aromatic nitrogens is 2. The van der Waals surface area contributed by atoms with Crippen LogP contribution in [0.3, 0.4) is 0 Å². The second-order valence-electron chi connectivity index (χ2n) is 7.02. The number of carbonyl (C=O) groups excluding carboxylic acids is 1. The van der Waals surface area contributed by atoms with E-state index in [0.717, 1.165) is 35.9 Å². The van der Waals surface area contributed by atoms with Crippen LogP contribution in [-0.4, -0.2) is 39.8 Å². The molecule has 2 aromatic rings. The summed E-state index contributed by atoms with van der Waals surface area (Å²) in [7, 11) is 1.92. The molecule has 0 radical (unpaired) electrons. The molecule has 1 aliphatic heterocycles. The molecule has 0 bridgehead atoms. The van der Waals surface area contributed by atoms with Gasteiger partial charge in [0, 0.05) is 43.5 Å². The molecule has 6 heteroatoms. The number of benzene rings is 1. The molecule has 2 aliphatic rings. The molecular formula is C17H23N5O. The van der Waals surface area contributed by atoms with E-state index in [0.29, 0.717) is 13.1 Å². The number of hydrogen-bond donors (Lipinski definition) is 2. The Morgan fingerprint density at radius 3 is 3.00 bits per heavy atom.